The molecule has 4 N–H and O–H groups in total. The van der Waals surface area contributed by atoms with E-state index in [2.05, 4.69) is 47.0 Å². The molecule has 11 nitrogen and oxygen atoms in total. The van der Waals surface area contributed by atoms with Crippen molar-refractivity contribution in [2.75, 3.05) is 11.9 Å². The van der Waals surface area contributed by atoms with Crippen LogP contribution in [0.1, 0.15) is 88.9 Å². The highest BCUT2D eigenvalue weighted by atomic mass is 19.4. The van der Waals surface area contributed by atoms with Crippen LogP contribution in [0.4, 0.5) is 23.7 Å². The maximum atomic E-state index is 14.3. The molecule has 3 heterocycles. The van der Waals surface area contributed by atoms with E-state index in [1.807, 2.05) is 37.3 Å². The molecule has 8 rings (SSSR count). The van der Waals surface area contributed by atoms with E-state index in [-0.39, 0.29) is 36.0 Å². The number of fused-ring (bicyclic) bond motifs is 1. The summed E-state index contributed by atoms with van der Waals surface area (Å²) in [6.45, 7) is 10.6. The Morgan fingerprint density at radius 2 is 1.80 bits per heavy atom. The first kappa shape index (κ1) is 37.9. The van der Waals surface area contributed by atoms with Crippen molar-refractivity contribution in [3.63, 3.8) is 0 Å². The van der Waals surface area contributed by atoms with Crippen LogP contribution in [-0.2, 0) is 38.8 Å². The molecule has 5 aliphatic rings. The number of hydrogen-bond donors (Lipinski definition) is 4. The van der Waals surface area contributed by atoms with Gasteiger partial charge in [-0.25, -0.2) is 9.78 Å². The summed E-state index contributed by atoms with van der Waals surface area (Å²) in [5.41, 5.74) is -1.56. The topological polar surface area (TPSA) is 136 Å². The molecule has 0 spiro atoms. The van der Waals surface area contributed by atoms with Gasteiger partial charge in [0.25, 0.3) is 5.56 Å². The lowest BCUT2D eigenvalue weighted by Gasteiger charge is -2.63. The second-order valence-electron chi connectivity index (χ2n) is 16.3. The van der Waals surface area contributed by atoms with Crippen molar-refractivity contribution in [1.29, 1.82) is 0 Å². The zero-order chi connectivity index (χ0) is 38.6. The van der Waals surface area contributed by atoms with E-state index < -0.39 is 59.5 Å². The van der Waals surface area contributed by atoms with Crippen LogP contribution in [0.5, 0.6) is 0 Å². The number of amides is 3. The van der Waals surface area contributed by atoms with Gasteiger partial charge < -0.3 is 30.6 Å². The first-order chi connectivity index (χ1) is 25.5. The van der Waals surface area contributed by atoms with E-state index in [1.165, 1.54) is 22.9 Å². The van der Waals surface area contributed by atoms with Gasteiger partial charge in [0.15, 0.2) is 0 Å². The van der Waals surface area contributed by atoms with Crippen LogP contribution < -0.4 is 26.8 Å². The number of alkyl halides is 3. The molecule has 3 aliphatic carbocycles. The lowest BCUT2D eigenvalue weighted by molar-refractivity contribution is -0.185. The molecule has 1 aromatic heterocycles. The van der Waals surface area contributed by atoms with E-state index in [0.717, 1.165) is 30.5 Å². The van der Waals surface area contributed by atoms with Crippen LogP contribution in [-0.4, -0.2) is 52.8 Å². The Bertz CT molecular complexity index is 1960. The molecule has 15 heteroatoms. The number of aromatic nitrogens is 2. The number of nitrogens with one attached hydrogen (secondary N) is 4. The number of anilines is 1. The molecule has 54 heavy (non-hydrogen) atoms. The predicted molar refractivity (Wildman–Crippen MR) is 197 cm³/mol. The molecule has 3 aromatic rings. The normalized spacial score (nSPS) is 28.3. The minimum absolute atomic E-state index is 0.00127. The van der Waals surface area contributed by atoms with Gasteiger partial charge in [0.2, 0.25) is 5.91 Å². The zero-order valence-corrected chi connectivity index (χ0v) is 31.3. The quantitative estimate of drug-likeness (QED) is 0.184. The summed E-state index contributed by atoms with van der Waals surface area (Å²) in [6.07, 6.45) is -0.219. The maximum Gasteiger partial charge on any atom is 0.481 e. The Morgan fingerprint density at radius 3 is 2.50 bits per heavy atom. The van der Waals surface area contributed by atoms with Crippen LogP contribution in [0, 0.1) is 17.3 Å². The summed E-state index contributed by atoms with van der Waals surface area (Å²) in [4.78, 5) is 46.3. The molecule has 3 saturated carbocycles. The number of nitrogens with zero attached hydrogens (tertiary/aromatic N) is 2. The standard InChI is InChI=1S/C39H48BF3N6O5/c1-6-30(40-53-31-27-18-26(36(27,2)3)19-38(31,5)54-40)47-32(50)29-20-37(4,48-35(52)44-16-15-23-11-8-7-9-12-23)34-46-22-28(33(51)49(29)34)45-21-24-13-10-14-25(17-24)39(41,42)43/h7-14,17,22,26-27,29-31,45H,6,15-16,18-21H2,1-5H3,(H,47,50)(H2,44,48,52)/t26?,27?,29-,30-,31+,37+,38-/m0/s1. The molecule has 2 bridgehead atoms. The summed E-state index contributed by atoms with van der Waals surface area (Å²) in [5.74, 6) is 0.104. The van der Waals surface area contributed by atoms with Gasteiger partial charge in [-0.05, 0) is 80.0 Å². The SMILES string of the molecule is CC[C@H](NC(=O)[C@@H]1C[C@@](C)(NC(=O)NCCc2ccccc2)c2ncc(NCc3cccc(C(F)(F)F)c3)c(=O)n21)B1O[C@@H]2C3CC(C[C@]2(C)O1)C3(C)C. The number of urea groups is 1. The van der Waals surface area contributed by atoms with Crippen LogP contribution in [0.15, 0.2) is 65.6 Å². The van der Waals surface area contributed by atoms with Crippen molar-refractivity contribution < 1.29 is 32.1 Å². The largest absolute Gasteiger partial charge is 0.481 e. The average Bonchev–Trinajstić information content (AvgIpc) is 3.64. The molecule has 0 radical (unpaired) electrons. The third kappa shape index (κ3) is 7.00. The highest BCUT2D eigenvalue weighted by Crippen LogP contribution is 2.64. The fraction of sp³-hybridized carbons (Fsp3) is 0.538. The van der Waals surface area contributed by atoms with Crippen LogP contribution >= 0.6 is 0 Å². The first-order valence-corrected chi connectivity index (χ1v) is 18.8. The summed E-state index contributed by atoms with van der Waals surface area (Å²) in [7, 11) is -0.680. The maximum absolute atomic E-state index is 14.3. The van der Waals surface area contributed by atoms with Crippen molar-refractivity contribution in [3.05, 3.63) is 93.7 Å². The third-order valence-electron chi connectivity index (χ3n) is 12.3. The fourth-order valence-corrected chi connectivity index (χ4v) is 9.05. The van der Waals surface area contributed by atoms with Gasteiger partial charge in [0.1, 0.15) is 17.6 Å². The molecule has 1 saturated heterocycles. The van der Waals surface area contributed by atoms with E-state index in [9.17, 15) is 27.6 Å². The average molecular weight is 749 g/mol. The van der Waals surface area contributed by atoms with Crippen LogP contribution in [0.2, 0.25) is 0 Å². The number of rotatable bonds is 11. The van der Waals surface area contributed by atoms with E-state index in [4.69, 9.17) is 9.31 Å². The van der Waals surface area contributed by atoms with E-state index in [0.29, 0.717) is 36.8 Å². The van der Waals surface area contributed by atoms with Crippen molar-refractivity contribution >= 4 is 24.7 Å². The van der Waals surface area contributed by atoms with Gasteiger partial charge in [-0.3, -0.25) is 14.2 Å². The van der Waals surface area contributed by atoms with Gasteiger partial charge in [-0.1, -0.05) is 63.2 Å². The molecule has 3 amide bonds. The lowest BCUT2D eigenvalue weighted by Crippen LogP contribution is -2.63. The summed E-state index contributed by atoms with van der Waals surface area (Å²) < 4.78 is 54.5. The Morgan fingerprint density at radius 1 is 1.06 bits per heavy atom. The minimum atomic E-state index is -4.52. The zero-order valence-electron chi connectivity index (χ0n) is 31.3. The summed E-state index contributed by atoms with van der Waals surface area (Å²) in [6, 6.07) is 13.0. The second-order valence-corrected chi connectivity index (χ2v) is 16.3. The monoisotopic (exact) mass is 748 g/mol. The molecular formula is C39H48BF3N6O5. The molecule has 288 valence electrons. The molecule has 2 unspecified atom stereocenters. The Balaban J connectivity index is 1.11. The highest BCUT2D eigenvalue weighted by Gasteiger charge is 2.67. The smallest absolute Gasteiger partial charge is 0.404 e. The van der Waals surface area contributed by atoms with Gasteiger partial charge in [0, 0.05) is 19.5 Å². The van der Waals surface area contributed by atoms with E-state index >= 15 is 0 Å². The van der Waals surface area contributed by atoms with Crippen LogP contribution in [0.3, 0.4) is 0 Å². The number of benzene rings is 2. The number of carbonyl (C=O) groups excluding carboxylic acids is 2. The molecular weight excluding hydrogens is 700 g/mol. The highest BCUT2D eigenvalue weighted by molar-refractivity contribution is 6.47. The van der Waals surface area contributed by atoms with Gasteiger partial charge >= 0.3 is 19.3 Å². The molecule has 2 aliphatic heterocycles. The van der Waals surface area contributed by atoms with Crippen molar-refractivity contribution in [2.45, 2.75) is 109 Å². The Labute approximate surface area is 313 Å². The van der Waals surface area contributed by atoms with Crippen molar-refractivity contribution in [3.8, 4) is 0 Å². The second kappa shape index (κ2) is 14.0. The van der Waals surface area contributed by atoms with Crippen molar-refractivity contribution in [2.24, 2.45) is 17.3 Å². The van der Waals surface area contributed by atoms with Crippen molar-refractivity contribution in [1.82, 2.24) is 25.5 Å². The number of carbonyl (C=O) groups is 2. The Hall–Kier alpha value is -4.37. The summed E-state index contributed by atoms with van der Waals surface area (Å²) >= 11 is 0. The van der Waals surface area contributed by atoms with E-state index in [1.54, 1.807) is 6.92 Å². The molecule has 2 aromatic carbocycles. The number of halogens is 3. The van der Waals surface area contributed by atoms with Crippen LogP contribution in [0.25, 0.3) is 0 Å². The van der Waals surface area contributed by atoms with Gasteiger partial charge in [-0.15, -0.1) is 0 Å². The predicted octanol–water partition coefficient (Wildman–Crippen LogP) is 5.74. The molecule has 4 fully saturated rings. The summed E-state index contributed by atoms with van der Waals surface area (Å²) in [5, 5.41) is 11.8. The Kier molecular flexibility index (Phi) is 9.87. The lowest BCUT2D eigenvalue weighted by atomic mass is 9.45. The number of hydrogen-bond acceptors (Lipinski definition) is 7. The van der Waals surface area contributed by atoms with Gasteiger partial charge in [0.05, 0.1) is 34.9 Å². The molecule has 7 atom stereocenters. The van der Waals surface area contributed by atoms with Gasteiger partial charge in [-0.2, -0.15) is 13.2 Å². The third-order valence-corrected chi connectivity index (χ3v) is 12.3. The first-order valence-electron chi connectivity index (χ1n) is 18.8. The fourth-order valence-electron chi connectivity index (χ4n) is 9.05. The minimum Gasteiger partial charge on any atom is -0.404 e.